The first-order valence-corrected chi connectivity index (χ1v) is 12.4. The fourth-order valence-corrected chi connectivity index (χ4v) is 8.84. The fourth-order valence-electron chi connectivity index (χ4n) is 6.81. The minimum Gasteiger partial charge on any atom is -0.254 e. The molecule has 0 aromatic heterocycles. The van der Waals surface area contributed by atoms with Crippen LogP contribution < -0.4 is 0 Å². The third-order valence-electron chi connectivity index (χ3n) is 8.16. The average molecular weight is 393 g/mol. The number of benzene rings is 2. The monoisotopic (exact) mass is 392 g/mol. The van der Waals surface area contributed by atoms with E-state index in [1.165, 1.54) is 38.5 Å². The lowest BCUT2D eigenvalue weighted by molar-refractivity contribution is 0.120. The van der Waals surface area contributed by atoms with E-state index in [4.69, 9.17) is 0 Å². The van der Waals surface area contributed by atoms with Gasteiger partial charge in [0.05, 0.1) is 15.5 Å². The van der Waals surface area contributed by atoms with Gasteiger partial charge in [0.15, 0.2) is 0 Å². The molecule has 0 spiro atoms. The largest absolute Gasteiger partial charge is 0.254 e. The highest BCUT2D eigenvalue weighted by molar-refractivity contribution is 7.86. The Morgan fingerprint density at radius 1 is 0.929 bits per heavy atom. The minimum absolute atomic E-state index is 0.00697. The smallest absolute Gasteiger partial charge is 0.0594 e. The SMILES string of the molecule is CC1CC(C2(S(=O)c3ccccc3)CCCC2)CC2c3ccccc3CCC12. The predicted octanol–water partition coefficient (Wildman–Crippen LogP) is 6.50. The van der Waals surface area contributed by atoms with Crippen molar-refractivity contribution < 1.29 is 4.21 Å². The molecule has 2 aromatic rings. The summed E-state index contributed by atoms with van der Waals surface area (Å²) in [5, 5.41) is 0. The molecule has 3 aliphatic carbocycles. The molecular weight excluding hydrogens is 360 g/mol. The molecule has 5 atom stereocenters. The zero-order chi connectivity index (χ0) is 19.1. The van der Waals surface area contributed by atoms with E-state index in [2.05, 4.69) is 43.3 Å². The van der Waals surface area contributed by atoms with Gasteiger partial charge in [0, 0.05) is 4.90 Å². The Balaban J connectivity index is 1.51. The van der Waals surface area contributed by atoms with Gasteiger partial charge in [-0.1, -0.05) is 62.2 Å². The molecule has 28 heavy (non-hydrogen) atoms. The normalized spacial score (nSPS) is 32.3. The summed E-state index contributed by atoms with van der Waals surface area (Å²) in [7, 11) is -0.900. The fraction of sp³-hybridized carbons (Fsp3) is 0.538. The van der Waals surface area contributed by atoms with Crippen molar-refractivity contribution in [1.82, 2.24) is 0 Å². The minimum atomic E-state index is -0.900. The van der Waals surface area contributed by atoms with E-state index in [1.54, 1.807) is 11.1 Å². The third-order valence-corrected chi connectivity index (χ3v) is 10.3. The molecule has 5 unspecified atom stereocenters. The van der Waals surface area contributed by atoms with Gasteiger partial charge in [-0.2, -0.15) is 0 Å². The highest BCUT2D eigenvalue weighted by Crippen LogP contribution is 2.56. The quantitative estimate of drug-likeness (QED) is 0.583. The van der Waals surface area contributed by atoms with Crippen molar-refractivity contribution in [3.8, 4) is 0 Å². The number of hydrogen-bond acceptors (Lipinski definition) is 1. The number of aryl methyl sites for hydroxylation is 1. The maximum Gasteiger partial charge on any atom is 0.0594 e. The van der Waals surface area contributed by atoms with Crippen LogP contribution in [0.3, 0.4) is 0 Å². The van der Waals surface area contributed by atoms with Crippen LogP contribution in [0, 0.1) is 17.8 Å². The molecule has 0 heterocycles. The maximum atomic E-state index is 13.9. The van der Waals surface area contributed by atoms with E-state index < -0.39 is 10.8 Å². The van der Waals surface area contributed by atoms with Crippen molar-refractivity contribution in [3.63, 3.8) is 0 Å². The Kier molecular flexibility index (Phi) is 4.95. The van der Waals surface area contributed by atoms with E-state index in [0.717, 1.165) is 29.6 Å². The van der Waals surface area contributed by atoms with Gasteiger partial charge in [0.2, 0.25) is 0 Å². The first-order valence-electron chi connectivity index (χ1n) is 11.2. The number of rotatable bonds is 3. The molecule has 0 bridgehead atoms. The Morgan fingerprint density at radius 3 is 2.43 bits per heavy atom. The first kappa shape index (κ1) is 18.6. The highest BCUT2D eigenvalue weighted by Gasteiger charge is 2.51. The van der Waals surface area contributed by atoms with Gasteiger partial charge in [0.1, 0.15) is 0 Å². The molecule has 2 saturated carbocycles. The molecule has 0 saturated heterocycles. The standard InChI is InChI=1S/C26H32OS/c1-19-17-21(18-25-23(19)14-13-20-9-5-6-12-24(20)25)26(15-7-8-16-26)28(27)22-10-3-2-4-11-22/h2-6,9-12,19,21,23,25H,7-8,13-18H2,1H3. The number of fused-ring (bicyclic) bond motifs is 3. The van der Waals surface area contributed by atoms with Crippen LogP contribution in [0.4, 0.5) is 0 Å². The molecular formula is C26H32OS. The second-order valence-corrected chi connectivity index (χ2v) is 11.3. The van der Waals surface area contributed by atoms with E-state index in [-0.39, 0.29) is 4.75 Å². The summed E-state index contributed by atoms with van der Waals surface area (Å²) < 4.78 is 13.9. The Morgan fingerprint density at radius 2 is 1.64 bits per heavy atom. The zero-order valence-electron chi connectivity index (χ0n) is 17.0. The molecule has 5 rings (SSSR count). The summed E-state index contributed by atoms with van der Waals surface area (Å²) >= 11 is 0. The van der Waals surface area contributed by atoms with Crippen LogP contribution in [0.15, 0.2) is 59.5 Å². The zero-order valence-corrected chi connectivity index (χ0v) is 17.8. The van der Waals surface area contributed by atoms with Crippen molar-refractivity contribution in [2.24, 2.45) is 17.8 Å². The van der Waals surface area contributed by atoms with Crippen LogP contribution in [0.2, 0.25) is 0 Å². The van der Waals surface area contributed by atoms with Crippen LogP contribution in [0.1, 0.15) is 68.9 Å². The van der Waals surface area contributed by atoms with Crippen LogP contribution in [-0.4, -0.2) is 8.96 Å². The van der Waals surface area contributed by atoms with Crippen LogP contribution in [-0.2, 0) is 17.2 Å². The molecule has 0 amide bonds. The van der Waals surface area contributed by atoms with Gasteiger partial charge in [0.25, 0.3) is 0 Å². The molecule has 2 heteroatoms. The summed E-state index contributed by atoms with van der Waals surface area (Å²) in [6, 6.07) is 19.5. The van der Waals surface area contributed by atoms with Crippen molar-refractivity contribution in [3.05, 3.63) is 65.7 Å². The lowest BCUT2D eigenvalue weighted by Gasteiger charge is -2.49. The molecule has 0 aliphatic heterocycles. The van der Waals surface area contributed by atoms with Gasteiger partial charge < -0.3 is 0 Å². The van der Waals surface area contributed by atoms with E-state index >= 15 is 0 Å². The number of hydrogen-bond donors (Lipinski definition) is 0. The van der Waals surface area contributed by atoms with Crippen molar-refractivity contribution in [2.75, 3.05) is 0 Å². The van der Waals surface area contributed by atoms with Crippen LogP contribution in [0.25, 0.3) is 0 Å². The highest BCUT2D eigenvalue weighted by atomic mass is 32.2. The molecule has 1 nitrogen and oxygen atoms in total. The molecule has 0 radical (unpaired) electrons. The van der Waals surface area contributed by atoms with Gasteiger partial charge in [-0.05, 0) is 85.5 Å². The van der Waals surface area contributed by atoms with E-state index in [9.17, 15) is 4.21 Å². The second-order valence-electron chi connectivity index (χ2n) is 9.51. The molecule has 0 N–H and O–H groups in total. The summed E-state index contributed by atoms with van der Waals surface area (Å²) in [5.74, 6) is 2.81. The first-order chi connectivity index (χ1) is 13.7. The summed E-state index contributed by atoms with van der Waals surface area (Å²) in [4.78, 5) is 1.04. The Bertz CT molecular complexity index is 852. The predicted molar refractivity (Wildman–Crippen MR) is 117 cm³/mol. The van der Waals surface area contributed by atoms with Crippen molar-refractivity contribution in [2.45, 2.75) is 73.9 Å². The van der Waals surface area contributed by atoms with Crippen LogP contribution >= 0.6 is 0 Å². The summed E-state index contributed by atoms with van der Waals surface area (Å²) in [5.41, 5.74) is 3.18. The van der Waals surface area contributed by atoms with E-state index in [1.807, 2.05) is 18.2 Å². The van der Waals surface area contributed by atoms with Gasteiger partial charge in [-0.25, -0.2) is 0 Å². The third kappa shape index (κ3) is 3.00. The lowest BCUT2D eigenvalue weighted by atomic mass is 9.59. The average Bonchev–Trinajstić information content (AvgIpc) is 3.25. The molecule has 148 valence electrons. The maximum absolute atomic E-state index is 13.9. The molecule has 2 fully saturated rings. The summed E-state index contributed by atoms with van der Waals surface area (Å²) in [6.07, 6.45) is 9.86. The van der Waals surface area contributed by atoms with Crippen molar-refractivity contribution >= 4 is 10.8 Å². The second kappa shape index (κ2) is 7.44. The summed E-state index contributed by atoms with van der Waals surface area (Å²) in [6.45, 7) is 2.48. The topological polar surface area (TPSA) is 17.1 Å². The Labute approximate surface area is 172 Å². The molecule has 2 aromatic carbocycles. The van der Waals surface area contributed by atoms with Gasteiger partial charge in [-0.3, -0.25) is 4.21 Å². The van der Waals surface area contributed by atoms with Gasteiger partial charge in [-0.15, -0.1) is 0 Å². The van der Waals surface area contributed by atoms with Crippen molar-refractivity contribution in [1.29, 1.82) is 0 Å². The van der Waals surface area contributed by atoms with Crippen LogP contribution in [0.5, 0.6) is 0 Å². The molecule has 3 aliphatic rings. The Hall–Kier alpha value is -1.41. The van der Waals surface area contributed by atoms with E-state index in [0.29, 0.717) is 11.8 Å². The van der Waals surface area contributed by atoms with Gasteiger partial charge >= 0.3 is 0 Å². The lowest BCUT2D eigenvalue weighted by Crippen LogP contribution is -2.46.